The highest BCUT2D eigenvalue weighted by Gasteiger charge is 2.14. The lowest BCUT2D eigenvalue weighted by atomic mass is 10.2. The molecule has 0 bridgehead atoms. The zero-order valence-corrected chi connectivity index (χ0v) is 11.7. The molecule has 0 aliphatic heterocycles. The lowest BCUT2D eigenvalue weighted by Crippen LogP contribution is -2.02. The number of fused-ring (bicyclic) bond motifs is 1. The number of imidazole rings is 1. The molecule has 0 spiro atoms. The van der Waals surface area contributed by atoms with Crippen molar-refractivity contribution in [2.24, 2.45) is 0 Å². The molecule has 20 heavy (non-hydrogen) atoms. The highest BCUT2D eigenvalue weighted by molar-refractivity contribution is 6.16. The van der Waals surface area contributed by atoms with Crippen LogP contribution in [-0.4, -0.2) is 9.55 Å². The Bertz CT molecular complexity index is 810. The van der Waals surface area contributed by atoms with E-state index < -0.39 is 0 Å². The van der Waals surface area contributed by atoms with Crippen molar-refractivity contribution in [3.63, 3.8) is 0 Å². The van der Waals surface area contributed by atoms with E-state index in [9.17, 15) is 0 Å². The summed E-state index contributed by atoms with van der Waals surface area (Å²) in [6, 6.07) is 11.6. The molecule has 0 radical (unpaired) electrons. The van der Waals surface area contributed by atoms with Crippen molar-refractivity contribution >= 4 is 22.6 Å². The van der Waals surface area contributed by atoms with Crippen molar-refractivity contribution in [1.82, 2.24) is 9.55 Å². The second-order valence-electron chi connectivity index (χ2n) is 4.55. The predicted octanol–water partition coefficient (Wildman–Crippen LogP) is 3.60. The SMILES string of the molecule is Cc1ccc(Cn2c(CCl)nc3c(C#N)cccc32)o1. The summed E-state index contributed by atoms with van der Waals surface area (Å²) in [5.41, 5.74) is 2.14. The lowest BCUT2D eigenvalue weighted by molar-refractivity contribution is 0.470. The van der Waals surface area contributed by atoms with Crippen LogP contribution in [0.3, 0.4) is 0 Å². The van der Waals surface area contributed by atoms with E-state index in [1.807, 2.05) is 35.8 Å². The van der Waals surface area contributed by atoms with Crippen LogP contribution in [-0.2, 0) is 12.4 Å². The number of hydrogen-bond acceptors (Lipinski definition) is 3. The van der Waals surface area contributed by atoms with Crippen LogP contribution < -0.4 is 0 Å². The molecule has 3 aromatic rings. The number of furan rings is 1. The number of benzene rings is 1. The third kappa shape index (κ3) is 2.06. The summed E-state index contributed by atoms with van der Waals surface area (Å²) in [6.45, 7) is 2.47. The molecule has 5 heteroatoms. The normalized spacial score (nSPS) is 10.8. The van der Waals surface area contributed by atoms with Crippen LogP contribution in [0.4, 0.5) is 0 Å². The molecule has 0 saturated heterocycles. The summed E-state index contributed by atoms with van der Waals surface area (Å²) in [5, 5.41) is 9.15. The van der Waals surface area contributed by atoms with Crippen LogP contribution >= 0.6 is 11.6 Å². The third-order valence-corrected chi connectivity index (χ3v) is 3.45. The van der Waals surface area contributed by atoms with Crippen molar-refractivity contribution < 1.29 is 4.42 Å². The molecule has 0 atom stereocenters. The number of alkyl halides is 1. The van der Waals surface area contributed by atoms with Crippen LogP contribution in [0.15, 0.2) is 34.7 Å². The van der Waals surface area contributed by atoms with Gasteiger partial charge in [-0.1, -0.05) is 6.07 Å². The van der Waals surface area contributed by atoms with Crippen LogP contribution in [0.5, 0.6) is 0 Å². The Hall–Kier alpha value is -2.25. The maximum absolute atomic E-state index is 9.15. The molecule has 0 aliphatic rings. The Balaban J connectivity index is 2.16. The fourth-order valence-corrected chi connectivity index (χ4v) is 2.49. The molecule has 4 nitrogen and oxygen atoms in total. The summed E-state index contributed by atoms with van der Waals surface area (Å²) in [6.07, 6.45) is 0. The van der Waals surface area contributed by atoms with Gasteiger partial charge >= 0.3 is 0 Å². The second-order valence-corrected chi connectivity index (χ2v) is 4.81. The minimum absolute atomic E-state index is 0.291. The minimum Gasteiger partial charge on any atom is -0.464 e. The molecule has 0 aliphatic carbocycles. The van der Waals surface area contributed by atoms with E-state index in [0.717, 1.165) is 22.9 Å². The largest absolute Gasteiger partial charge is 0.464 e. The Labute approximate surface area is 121 Å². The zero-order valence-electron chi connectivity index (χ0n) is 10.9. The van der Waals surface area contributed by atoms with Gasteiger partial charge in [0.2, 0.25) is 0 Å². The van der Waals surface area contributed by atoms with Gasteiger partial charge in [-0.2, -0.15) is 5.26 Å². The van der Waals surface area contributed by atoms with Crippen molar-refractivity contribution in [3.8, 4) is 6.07 Å². The molecule has 0 unspecified atom stereocenters. The smallest absolute Gasteiger partial charge is 0.125 e. The van der Waals surface area contributed by atoms with Gasteiger partial charge in [-0.25, -0.2) is 4.98 Å². The summed E-state index contributed by atoms with van der Waals surface area (Å²) in [4.78, 5) is 4.47. The van der Waals surface area contributed by atoms with Gasteiger partial charge in [-0.3, -0.25) is 0 Å². The number of aromatic nitrogens is 2. The predicted molar refractivity (Wildman–Crippen MR) is 76.6 cm³/mol. The lowest BCUT2D eigenvalue weighted by Gasteiger charge is -2.05. The fraction of sp³-hybridized carbons (Fsp3) is 0.200. The Morgan fingerprint density at radius 3 is 2.85 bits per heavy atom. The average molecular weight is 286 g/mol. The molecule has 100 valence electrons. The van der Waals surface area contributed by atoms with Crippen molar-refractivity contribution in [3.05, 3.63) is 53.2 Å². The monoisotopic (exact) mass is 285 g/mol. The summed E-state index contributed by atoms with van der Waals surface area (Å²) in [7, 11) is 0. The van der Waals surface area contributed by atoms with E-state index in [1.54, 1.807) is 6.07 Å². The number of para-hydroxylation sites is 1. The second kappa shape index (κ2) is 5.03. The van der Waals surface area contributed by atoms with E-state index in [0.29, 0.717) is 23.5 Å². The van der Waals surface area contributed by atoms with E-state index in [4.69, 9.17) is 21.3 Å². The maximum Gasteiger partial charge on any atom is 0.125 e. The molecule has 2 heterocycles. The number of nitriles is 1. The van der Waals surface area contributed by atoms with E-state index in [1.165, 1.54) is 0 Å². The molecular weight excluding hydrogens is 274 g/mol. The number of hydrogen-bond donors (Lipinski definition) is 0. The topological polar surface area (TPSA) is 54.8 Å². The van der Waals surface area contributed by atoms with Gasteiger partial charge in [0.15, 0.2) is 0 Å². The van der Waals surface area contributed by atoms with Gasteiger partial charge in [-0.15, -0.1) is 11.6 Å². The molecule has 0 fully saturated rings. The molecular formula is C15H12ClN3O. The molecule has 1 aromatic carbocycles. The quantitative estimate of drug-likeness (QED) is 0.691. The first-order valence-electron chi connectivity index (χ1n) is 6.22. The summed E-state index contributed by atoms with van der Waals surface area (Å²) in [5.74, 6) is 2.74. The highest BCUT2D eigenvalue weighted by atomic mass is 35.5. The minimum atomic E-state index is 0.291. The van der Waals surface area contributed by atoms with Crippen LogP contribution in [0.2, 0.25) is 0 Å². The molecule has 0 N–H and O–H groups in total. The van der Waals surface area contributed by atoms with Gasteiger partial charge in [0.25, 0.3) is 0 Å². The number of aryl methyl sites for hydroxylation is 1. The zero-order chi connectivity index (χ0) is 14.1. The first-order chi connectivity index (χ1) is 9.72. The molecule has 3 rings (SSSR count). The standard InChI is InChI=1S/C15H12ClN3O/c1-10-5-6-12(20-10)9-19-13-4-2-3-11(8-17)15(13)18-14(19)7-16/h2-6H,7,9H2,1H3. The van der Waals surface area contributed by atoms with E-state index >= 15 is 0 Å². The van der Waals surface area contributed by atoms with Gasteiger partial charge in [0.05, 0.1) is 23.5 Å². The summed E-state index contributed by atoms with van der Waals surface area (Å²) < 4.78 is 7.59. The van der Waals surface area contributed by atoms with Crippen molar-refractivity contribution in [2.75, 3.05) is 0 Å². The van der Waals surface area contributed by atoms with E-state index in [-0.39, 0.29) is 0 Å². The fourth-order valence-electron chi connectivity index (χ4n) is 2.29. The van der Waals surface area contributed by atoms with E-state index in [2.05, 4.69) is 11.1 Å². The van der Waals surface area contributed by atoms with Crippen LogP contribution in [0.1, 0.15) is 22.9 Å². The first-order valence-corrected chi connectivity index (χ1v) is 6.76. The molecule has 0 amide bonds. The Morgan fingerprint density at radius 2 is 2.20 bits per heavy atom. The average Bonchev–Trinajstić information content (AvgIpc) is 3.03. The van der Waals surface area contributed by atoms with Gasteiger partial charge < -0.3 is 8.98 Å². The maximum atomic E-state index is 9.15. The molecule has 0 saturated carbocycles. The molecule has 2 aromatic heterocycles. The number of rotatable bonds is 3. The Morgan fingerprint density at radius 1 is 1.35 bits per heavy atom. The van der Waals surface area contributed by atoms with Crippen LogP contribution in [0, 0.1) is 18.3 Å². The number of halogens is 1. The van der Waals surface area contributed by atoms with Gasteiger partial charge in [0.1, 0.15) is 28.9 Å². The van der Waals surface area contributed by atoms with Crippen LogP contribution in [0.25, 0.3) is 11.0 Å². The van der Waals surface area contributed by atoms with Gasteiger partial charge in [0, 0.05) is 0 Å². The first kappa shape index (κ1) is 12.8. The Kier molecular flexibility index (Phi) is 3.21. The summed E-state index contributed by atoms with van der Waals surface area (Å²) >= 11 is 5.97. The highest BCUT2D eigenvalue weighted by Crippen LogP contribution is 2.22. The number of nitrogens with zero attached hydrogens (tertiary/aromatic N) is 3. The van der Waals surface area contributed by atoms with Gasteiger partial charge in [-0.05, 0) is 31.2 Å². The van der Waals surface area contributed by atoms with Crippen molar-refractivity contribution in [2.45, 2.75) is 19.3 Å². The third-order valence-electron chi connectivity index (χ3n) is 3.21. The van der Waals surface area contributed by atoms with Crippen molar-refractivity contribution in [1.29, 1.82) is 5.26 Å².